The van der Waals surface area contributed by atoms with E-state index in [0.717, 1.165) is 18.4 Å². The number of hydrogen-bond acceptors (Lipinski definition) is 2. The van der Waals surface area contributed by atoms with E-state index in [9.17, 15) is 9.59 Å². The molecule has 2 rings (SSSR count). The quantitative estimate of drug-likeness (QED) is 0.913. The summed E-state index contributed by atoms with van der Waals surface area (Å²) in [7, 11) is 0. The summed E-state index contributed by atoms with van der Waals surface area (Å²) in [4.78, 5) is 26.6. The van der Waals surface area contributed by atoms with Gasteiger partial charge in [0.25, 0.3) is 5.91 Å². The van der Waals surface area contributed by atoms with Crippen LogP contribution in [0.4, 0.5) is 0 Å². The Kier molecular flexibility index (Phi) is 4.12. The summed E-state index contributed by atoms with van der Waals surface area (Å²) < 4.78 is 0. The largest absolute Gasteiger partial charge is 0.337 e. The molecule has 20 heavy (non-hydrogen) atoms. The van der Waals surface area contributed by atoms with Crippen LogP contribution in [-0.2, 0) is 15.1 Å². The van der Waals surface area contributed by atoms with Crippen LogP contribution < -0.4 is 5.32 Å². The van der Waals surface area contributed by atoms with Crippen LogP contribution in [0.5, 0.6) is 0 Å². The van der Waals surface area contributed by atoms with Gasteiger partial charge in [0, 0.05) is 6.04 Å². The molecule has 1 atom stereocenters. The maximum absolute atomic E-state index is 12.9. The lowest BCUT2D eigenvalue weighted by atomic mass is 9.87. The molecule has 0 bridgehead atoms. The van der Waals surface area contributed by atoms with Gasteiger partial charge in [0.05, 0.1) is 6.54 Å². The molecule has 1 aromatic carbocycles. The summed E-state index contributed by atoms with van der Waals surface area (Å²) in [5.74, 6) is -0.111. The number of nitrogens with one attached hydrogen (secondary N) is 1. The van der Waals surface area contributed by atoms with Gasteiger partial charge in [0.15, 0.2) is 0 Å². The highest BCUT2D eigenvalue weighted by Gasteiger charge is 2.45. The zero-order chi connectivity index (χ0) is 14.8. The lowest BCUT2D eigenvalue weighted by Crippen LogP contribution is -2.65. The molecule has 1 saturated heterocycles. The summed E-state index contributed by atoms with van der Waals surface area (Å²) >= 11 is 0. The Morgan fingerprint density at radius 1 is 1.20 bits per heavy atom. The highest BCUT2D eigenvalue weighted by molar-refractivity contribution is 5.98. The molecule has 1 fully saturated rings. The summed E-state index contributed by atoms with van der Waals surface area (Å²) in [6.07, 6.45) is 1.72. The highest BCUT2D eigenvalue weighted by atomic mass is 16.2. The average Bonchev–Trinajstić information content (AvgIpc) is 2.46. The maximum atomic E-state index is 12.9. The van der Waals surface area contributed by atoms with Crippen LogP contribution in [0.3, 0.4) is 0 Å². The van der Waals surface area contributed by atoms with Crippen LogP contribution in [0, 0.1) is 0 Å². The smallest absolute Gasteiger partial charge is 0.253 e. The van der Waals surface area contributed by atoms with E-state index in [1.165, 1.54) is 0 Å². The third-order valence-corrected chi connectivity index (χ3v) is 4.13. The molecule has 108 valence electrons. The zero-order valence-electron chi connectivity index (χ0n) is 12.3. The minimum atomic E-state index is -0.959. The fraction of sp³-hybridized carbons (Fsp3) is 0.500. The van der Waals surface area contributed by atoms with Crippen molar-refractivity contribution in [3.8, 4) is 0 Å². The van der Waals surface area contributed by atoms with Crippen molar-refractivity contribution >= 4 is 11.8 Å². The van der Waals surface area contributed by atoms with E-state index >= 15 is 0 Å². The predicted octanol–water partition coefficient (Wildman–Crippen LogP) is 2.05. The third-order valence-electron chi connectivity index (χ3n) is 4.13. The first kappa shape index (κ1) is 14.6. The zero-order valence-corrected chi connectivity index (χ0v) is 12.3. The predicted molar refractivity (Wildman–Crippen MR) is 78.0 cm³/mol. The molecule has 0 saturated carbocycles. The van der Waals surface area contributed by atoms with Crippen LogP contribution in [0.1, 0.15) is 39.2 Å². The molecular formula is C16H22N2O2. The Labute approximate surface area is 120 Å². The molecule has 4 nitrogen and oxygen atoms in total. The van der Waals surface area contributed by atoms with Gasteiger partial charge in [-0.1, -0.05) is 44.2 Å². The average molecular weight is 274 g/mol. The Morgan fingerprint density at radius 3 is 2.35 bits per heavy atom. The lowest BCUT2D eigenvalue weighted by Gasteiger charge is -2.43. The summed E-state index contributed by atoms with van der Waals surface area (Å²) in [6.45, 7) is 6.05. The molecule has 1 aromatic rings. The van der Waals surface area contributed by atoms with E-state index in [-0.39, 0.29) is 24.4 Å². The normalized spacial score (nSPS) is 23.1. The molecule has 4 heteroatoms. The van der Waals surface area contributed by atoms with Gasteiger partial charge >= 0.3 is 0 Å². The van der Waals surface area contributed by atoms with Crippen molar-refractivity contribution in [2.45, 2.75) is 45.2 Å². The van der Waals surface area contributed by atoms with Gasteiger partial charge in [0.2, 0.25) is 5.91 Å². The summed E-state index contributed by atoms with van der Waals surface area (Å²) in [5, 5.41) is 2.86. The van der Waals surface area contributed by atoms with Gasteiger partial charge in [-0.2, -0.15) is 0 Å². The van der Waals surface area contributed by atoms with Crippen molar-refractivity contribution in [3.05, 3.63) is 35.9 Å². The first-order valence-corrected chi connectivity index (χ1v) is 7.20. The number of rotatable bonds is 4. The summed E-state index contributed by atoms with van der Waals surface area (Å²) in [5.41, 5.74) is -0.131. The number of benzene rings is 1. The van der Waals surface area contributed by atoms with E-state index in [4.69, 9.17) is 0 Å². The SMILES string of the molecule is CCC(CC)N1CC(=O)NC(C)(c2ccccc2)C1=O. The van der Waals surface area contributed by atoms with Crippen LogP contribution in [-0.4, -0.2) is 29.3 Å². The number of carbonyl (C=O) groups is 2. The Hall–Kier alpha value is -1.84. The second-order valence-electron chi connectivity index (χ2n) is 5.44. The number of hydrogen-bond donors (Lipinski definition) is 1. The first-order valence-electron chi connectivity index (χ1n) is 7.20. The number of carbonyl (C=O) groups excluding carboxylic acids is 2. The highest BCUT2D eigenvalue weighted by Crippen LogP contribution is 2.28. The molecule has 0 radical (unpaired) electrons. The fourth-order valence-electron chi connectivity index (χ4n) is 2.88. The van der Waals surface area contributed by atoms with Crippen molar-refractivity contribution < 1.29 is 9.59 Å². The van der Waals surface area contributed by atoms with Crippen molar-refractivity contribution in [1.82, 2.24) is 10.2 Å². The third kappa shape index (κ3) is 2.42. The van der Waals surface area contributed by atoms with Gasteiger partial charge in [-0.15, -0.1) is 0 Å². The van der Waals surface area contributed by atoms with E-state index in [2.05, 4.69) is 5.32 Å². The lowest BCUT2D eigenvalue weighted by molar-refractivity contribution is -0.152. The number of amides is 2. The standard InChI is InChI=1S/C16H22N2O2/c1-4-13(5-2)18-11-14(19)17-16(3,15(18)20)12-9-7-6-8-10-12/h6-10,13H,4-5,11H2,1-3H3,(H,17,19). The Bertz CT molecular complexity index is 496. The molecule has 0 aliphatic carbocycles. The van der Waals surface area contributed by atoms with Crippen LogP contribution in [0.2, 0.25) is 0 Å². The van der Waals surface area contributed by atoms with E-state index in [1.54, 1.807) is 11.8 Å². The molecule has 1 aliphatic heterocycles. The van der Waals surface area contributed by atoms with Gasteiger partial charge in [-0.05, 0) is 25.3 Å². The monoisotopic (exact) mass is 274 g/mol. The molecular weight excluding hydrogens is 252 g/mol. The first-order chi connectivity index (χ1) is 9.52. The van der Waals surface area contributed by atoms with E-state index < -0.39 is 5.54 Å². The Balaban J connectivity index is 2.39. The minimum absolute atomic E-state index is 0.0167. The number of nitrogens with zero attached hydrogens (tertiary/aromatic N) is 1. The second-order valence-corrected chi connectivity index (χ2v) is 5.44. The number of piperazine rings is 1. The van der Waals surface area contributed by atoms with Gasteiger partial charge in [-0.25, -0.2) is 0 Å². The fourth-order valence-corrected chi connectivity index (χ4v) is 2.88. The van der Waals surface area contributed by atoms with Crippen LogP contribution in [0.15, 0.2) is 30.3 Å². The summed E-state index contributed by atoms with van der Waals surface area (Å²) in [6, 6.07) is 9.56. The molecule has 0 aromatic heterocycles. The van der Waals surface area contributed by atoms with E-state index in [0.29, 0.717) is 0 Å². The van der Waals surface area contributed by atoms with Gasteiger partial charge in [0.1, 0.15) is 5.54 Å². The molecule has 1 unspecified atom stereocenters. The topological polar surface area (TPSA) is 49.4 Å². The van der Waals surface area contributed by atoms with E-state index in [1.807, 2.05) is 44.2 Å². The van der Waals surface area contributed by atoms with Crippen LogP contribution >= 0.6 is 0 Å². The van der Waals surface area contributed by atoms with Crippen molar-refractivity contribution in [3.63, 3.8) is 0 Å². The molecule has 1 N–H and O–H groups in total. The van der Waals surface area contributed by atoms with Crippen molar-refractivity contribution in [2.24, 2.45) is 0 Å². The van der Waals surface area contributed by atoms with Crippen molar-refractivity contribution in [1.29, 1.82) is 0 Å². The maximum Gasteiger partial charge on any atom is 0.253 e. The molecule has 0 spiro atoms. The molecule has 1 aliphatic rings. The minimum Gasteiger partial charge on any atom is -0.337 e. The van der Waals surface area contributed by atoms with Gasteiger partial charge in [-0.3, -0.25) is 9.59 Å². The Morgan fingerprint density at radius 2 is 1.80 bits per heavy atom. The molecule has 1 heterocycles. The second kappa shape index (κ2) is 5.65. The van der Waals surface area contributed by atoms with Crippen molar-refractivity contribution in [2.75, 3.05) is 6.54 Å². The van der Waals surface area contributed by atoms with Crippen LogP contribution in [0.25, 0.3) is 0 Å². The van der Waals surface area contributed by atoms with Gasteiger partial charge < -0.3 is 10.2 Å². The molecule has 2 amide bonds.